The lowest BCUT2D eigenvalue weighted by Gasteiger charge is -2.17. The van der Waals surface area contributed by atoms with Crippen LogP contribution in [0.25, 0.3) is 11.4 Å². The Balaban J connectivity index is 1.62. The second-order valence-electron chi connectivity index (χ2n) is 10.5. The van der Waals surface area contributed by atoms with E-state index in [9.17, 15) is 4.39 Å². The molecule has 1 aromatic carbocycles. The normalized spacial score (nSPS) is 13.0. The molecule has 0 amide bonds. The molecular formula is C32H51FN2O. The fourth-order valence-electron chi connectivity index (χ4n) is 4.62. The molecule has 1 heterocycles. The number of rotatable bonds is 21. The molecule has 3 nitrogen and oxygen atoms in total. The predicted molar refractivity (Wildman–Crippen MR) is 151 cm³/mol. The van der Waals surface area contributed by atoms with E-state index in [0.29, 0.717) is 13.0 Å². The van der Waals surface area contributed by atoms with Gasteiger partial charge in [-0.05, 0) is 55.0 Å². The third kappa shape index (κ3) is 12.8. The Morgan fingerprint density at radius 2 is 1.28 bits per heavy atom. The molecule has 2 atom stereocenters. The number of unbranched alkanes of at least 4 members (excludes halogenated alkanes) is 11. The van der Waals surface area contributed by atoms with Gasteiger partial charge in [-0.15, -0.1) is 0 Å². The van der Waals surface area contributed by atoms with Crippen LogP contribution in [0.2, 0.25) is 0 Å². The van der Waals surface area contributed by atoms with Crippen molar-refractivity contribution < 1.29 is 9.13 Å². The fraction of sp³-hybridized carbons (Fsp3) is 0.688. The highest BCUT2D eigenvalue weighted by Crippen LogP contribution is 2.22. The third-order valence-electron chi connectivity index (χ3n) is 7.18. The van der Waals surface area contributed by atoms with Crippen molar-refractivity contribution in [2.75, 3.05) is 6.61 Å². The number of halogens is 1. The van der Waals surface area contributed by atoms with Gasteiger partial charge in [0.15, 0.2) is 5.82 Å². The van der Waals surface area contributed by atoms with Gasteiger partial charge in [0.1, 0.15) is 11.9 Å². The molecule has 36 heavy (non-hydrogen) atoms. The minimum Gasteiger partial charge on any atom is -0.493 e. The monoisotopic (exact) mass is 498 g/mol. The van der Waals surface area contributed by atoms with Crippen molar-refractivity contribution in [3.8, 4) is 17.1 Å². The van der Waals surface area contributed by atoms with Crippen molar-refractivity contribution in [1.29, 1.82) is 0 Å². The van der Waals surface area contributed by atoms with Crippen molar-refractivity contribution >= 4 is 0 Å². The molecule has 0 radical (unpaired) electrons. The maximum atomic E-state index is 14.3. The van der Waals surface area contributed by atoms with Gasteiger partial charge < -0.3 is 4.74 Å². The van der Waals surface area contributed by atoms with Gasteiger partial charge in [0.2, 0.25) is 0 Å². The highest BCUT2D eigenvalue weighted by molar-refractivity contribution is 5.55. The lowest BCUT2D eigenvalue weighted by molar-refractivity contribution is 0.177. The zero-order valence-electron chi connectivity index (χ0n) is 23.3. The van der Waals surface area contributed by atoms with Crippen LogP contribution >= 0.6 is 0 Å². The zero-order chi connectivity index (χ0) is 25.8. The first-order valence-electron chi connectivity index (χ1n) is 14.8. The highest BCUT2D eigenvalue weighted by Gasteiger charge is 2.16. The van der Waals surface area contributed by atoms with E-state index in [-0.39, 0.29) is 5.92 Å². The molecule has 4 heteroatoms. The van der Waals surface area contributed by atoms with Crippen LogP contribution in [-0.2, 0) is 6.42 Å². The van der Waals surface area contributed by atoms with Gasteiger partial charge in [0.05, 0.1) is 6.61 Å². The first kappa shape index (κ1) is 30.3. The Morgan fingerprint density at radius 1 is 0.722 bits per heavy atom. The van der Waals surface area contributed by atoms with Crippen LogP contribution in [0, 0.1) is 5.92 Å². The Labute approximate surface area is 220 Å². The summed E-state index contributed by atoms with van der Waals surface area (Å²) in [5, 5.41) is 0. The van der Waals surface area contributed by atoms with Crippen molar-refractivity contribution in [1.82, 2.24) is 9.97 Å². The van der Waals surface area contributed by atoms with Gasteiger partial charge in [-0.2, -0.15) is 0 Å². The highest BCUT2D eigenvalue weighted by atomic mass is 19.1. The molecule has 0 fully saturated rings. The van der Waals surface area contributed by atoms with Gasteiger partial charge in [0, 0.05) is 24.4 Å². The van der Waals surface area contributed by atoms with E-state index in [2.05, 4.69) is 23.8 Å². The van der Waals surface area contributed by atoms with Crippen LogP contribution < -0.4 is 4.74 Å². The van der Waals surface area contributed by atoms with E-state index in [0.717, 1.165) is 36.4 Å². The second kappa shape index (κ2) is 19.2. The molecule has 2 aromatic rings. The molecule has 0 N–H and O–H groups in total. The van der Waals surface area contributed by atoms with Gasteiger partial charge >= 0.3 is 0 Å². The summed E-state index contributed by atoms with van der Waals surface area (Å²) in [6.45, 7) is 6.87. The molecule has 0 saturated carbocycles. The number of hydrogen-bond donors (Lipinski definition) is 0. The van der Waals surface area contributed by atoms with Crippen LogP contribution in [0.4, 0.5) is 4.39 Å². The van der Waals surface area contributed by atoms with Crippen molar-refractivity contribution in [2.45, 2.75) is 130 Å². The molecule has 0 aliphatic rings. The summed E-state index contributed by atoms with van der Waals surface area (Å²) in [5.41, 5.74) is 2.18. The summed E-state index contributed by atoms with van der Waals surface area (Å²) in [6.07, 6.45) is 22.6. The van der Waals surface area contributed by atoms with E-state index in [4.69, 9.17) is 4.74 Å². The van der Waals surface area contributed by atoms with Crippen molar-refractivity contribution in [3.63, 3.8) is 0 Å². The summed E-state index contributed by atoms with van der Waals surface area (Å²) < 4.78 is 20.1. The minimum atomic E-state index is -0.798. The molecule has 1 aromatic heterocycles. The lowest BCUT2D eigenvalue weighted by Crippen LogP contribution is -2.16. The molecule has 0 aliphatic carbocycles. The standard InChI is InChI=1S/C32H51FN2O/c1-4-6-8-9-10-11-12-13-14-16-18-28-25-34-32(35-26-28)29-19-21-30(22-20-29)36-24-23-31(33)27(3)17-15-7-5-2/h19-22,25-27,31H,4-18,23-24H2,1-3H3. The smallest absolute Gasteiger partial charge is 0.159 e. The van der Waals surface area contributed by atoms with E-state index in [1.807, 2.05) is 43.6 Å². The SMILES string of the molecule is CCCCCCCCCCCCc1cnc(-c2ccc(OCCC(F)C(C)CCCCC)cc2)nc1. The van der Waals surface area contributed by atoms with Crippen LogP contribution in [0.5, 0.6) is 5.75 Å². The number of nitrogens with zero attached hydrogens (tertiary/aromatic N) is 2. The fourth-order valence-corrected chi connectivity index (χ4v) is 4.62. The molecule has 0 saturated heterocycles. The van der Waals surface area contributed by atoms with Crippen molar-refractivity contribution in [3.05, 3.63) is 42.2 Å². The zero-order valence-corrected chi connectivity index (χ0v) is 23.3. The van der Waals surface area contributed by atoms with E-state index in [1.165, 1.54) is 82.6 Å². The molecule has 0 bridgehead atoms. The van der Waals surface area contributed by atoms with Crippen LogP contribution in [0.1, 0.15) is 123 Å². The third-order valence-corrected chi connectivity index (χ3v) is 7.18. The summed E-state index contributed by atoms with van der Waals surface area (Å²) in [4.78, 5) is 9.15. The Bertz CT molecular complexity index is 778. The van der Waals surface area contributed by atoms with E-state index >= 15 is 0 Å². The van der Waals surface area contributed by atoms with Gasteiger partial charge in [-0.25, -0.2) is 14.4 Å². The van der Waals surface area contributed by atoms with Crippen LogP contribution in [0.3, 0.4) is 0 Å². The average molecular weight is 499 g/mol. The van der Waals surface area contributed by atoms with Crippen molar-refractivity contribution in [2.24, 2.45) is 5.92 Å². The quantitative estimate of drug-likeness (QED) is 0.161. The maximum absolute atomic E-state index is 14.3. The molecule has 202 valence electrons. The number of aryl methyl sites for hydroxylation is 1. The average Bonchev–Trinajstić information content (AvgIpc) is 2.90. The topological polar surface area (TPSA) is 35.0 Å². The lowest BCUT2D eigenvalue weighted by atomic mass is 9.97. The van der Waals surface area contributed by atoms with Crippen LogP contribution in [0.15, 0.2) is 36.7 Å². The van der Waals surface area contributed by atoms with Gasteiger partial charge in [-0.1, -0.05) is 97.8 Å². The molecule has 2 unspecified atom stereocenters. The first-order valence-corrected chi connectivity index (χ1v) is 14.8. The number of ether oxygens (including phenoxy) is 1. The number of aromatic nitrogens is 2. The number of alkyl halides is 1. The van der Waals surface area contributed by atoms with Crippen LogP contribution in [-0.4, -0.2) is 22.7 Å². The number of benzene rings is 1. The molecule has 0 aliphatic heterocycles. The maximum Gasteiger partial charge on any atom is 0.159 e. The Kier molecular flexibility index (Phi) is 16.1. The Hall–Kier alpha value is -1.97. The van der Waals surface area contributed by atoms with Gasteiger partial charge in [0.25, 0.3) is 0 Å². The molecule has 2 rings (SSSR count). The van der Waals surface area contributed by atoms with E-state index < -0.39 is 6.17 Å². The minimum absolute atomic E-state index is 0.104. The number of hydrogen-bond acceptors (Lipinski definition) is 3. The molecular weight excluding hydrogens is 447 g/mol. The Morgan fingerprint density at radius 3 is 1.89 bits per heavy atom. The molecule has 0 spiro atoms. The summed E-state index contributed by atoms with van der Waals surface area (Å²) in [6, 6.07) is 7.81. The van der Waals surface area contributed by atoms with E-state index in [1.54, 1.807) is 0 Å². The second-order valence-corrected chi connectivity index (χ2v) is 10.5. The first-order chi connectivity index (χ1) is 17.6. The predicted octanol–water partition coefficient (Wildman–Crippen LogP) is 9.93. The largest absolute Gasteiger partial charge is 0.493 e. The summed E-state index contributed by atoms with van der Waals surface area (Å²) in [7, 11) is 0. The van der Waals surface area contributed by atoms with Gasteiger partial charge in [-0.3, -0.25) is 0 Å². The summed E-state index contributed by atoms with van der Waals surface area (Å²) >= 11 is 0. The summed E-state index contributed by atoms with van der Waals surface area (Å²) in [5.74, 6) is 1.60.